The zero-order chi connectivity index (χ0) is 11.0. The van der Waals surface area contributed by atoms with E-state index in [-0.39, 0.29) is 0 Å². The highest BCUT2D eigenvalue weighted by Gasteiger charge is 2.10. The average Bonchev–Trinajstić information content (AvgIpc) is 2.56. The van der Waals surface area contributed by atoms with E-state index in [1.165, 1.54) is 0 Å². The molecule has 0 aliphatic carbocycles. The van der Waals surface area contributed by atoms with Crippen LogP contribution >= 0.6 is 15.9 Å². The number of nitrogens with zero attached hydrogens (tertiary/aromatic N) is 2. The molecule has 0 saturated carbocycles. The summed E-state index contributed by atoms with van der Waals surface area (Å²) in [7, 11) is 0. The lowest BCUT2D eigenvalue weighted by molar-refractivity contribution is 0.547. The van der Waals surface area contributed by atoms with Crippen LogP contribution in [0.25, 0.3) is 10.9 Å². The molecule has 15 heavy (non-hydrogen) atoms. The lowest BCUT2D eigenvalue weighted by Gasteiger charge is -2.07. The van der Waals surface area contributed by atoms with Gasteiger partial charge in [0.2, 0.25) is 0 Å². The molecule has 2 N–H and O–H groups in total. The van der Waals surface area contributed by atoms with Gasteiger partial charge in [-0.25, -0.2) is 0 Å². The van der Waals surface area contributed by atoms with Crippen molar-refractivity contribution in [2.75, 3.05) is 0 Å². The standard InChI is InChI=1S/C11H14BrN3/c1-7(2)15-10-5-8(6-13)3-4-9(10)11(12)14-15/h3-5,7H,6,13H2,1-2H3. The van der Waals surface area contributed by atoms with Crippen molar-refractivity contribution in [3.05, 3.63) is 28.4 Å². The number of fused-ring (bicyclic) bond motifs is 1. The molecule has 2 aromatic rings. The van der Waals surface area contributed by atoms with Crippen molar-refractivity contribution in [1.82, 2.24) is 9.78 Å². The number of benzene rings is 1. The van der Waals surface area contributed by atoms with Crippen LogP contribution in [0, 0.1) is 0 Å². The van der Waals surface area contributed by atoms with E-state index in [1.807, 2.05) is 10.7 Å². The van der Waals surface area contributed by atoms with E-state index in [0.717, 1.165) is 21.1 Å². The van der Waals surface area contributed by atoms with Crippen LogP contribution < -0.4 is 5.73 Å². The van der Waals surface area contributed by atoms with E-state index in [9.17, 15) is 0 Å². The third-order valence-electron chi connectivity index (χ3n) is 2.45. The van der Waals surface area contributed by atoms with Crippen LogP contribution in [0.4, 0.5) is 0 Å². The average molecular weight is 268 g/mol. The highest BCUT2D eigenvalue weighted by Crippen LogP contribution is 2.26. The topological polar surface area (TPSA) is 43.8 Å². The number of hydrogen-bond acceptors (Lipinski definition) is 2. The predicted octanol–water partition coefficient (Wildman–Crippen LogP) is 2.84. The molecule has 0 fully saturated rings. The van der Waals surface area contributed by atoms with E-state index >= 15 is 0 Å². The zero-order valence-electron chi connectivity index (χ0n) is 8.87. The molecule has 0 aliphatic heterocycles. The minimum atomic E-state index is 0.354. The van der Waals surface area contributed by atoms with Crippen LogP contribution in [0.3, 0.4) is 0 Å². The van der Waals surface area contributed by atoms with E-state index in [2.05, 4.69) is 47.0 Å². The third-order valence-corrected chi connectivity index (χ3v) is 3.04. The molecule has 3 nitrogen and oxygen atoms in total. The van der Waals surface area contributed by atoms with Gasteiger partial charge >= 0.3 is 0 Å². The Kier molecular flexibility index (Phi) is 2.80. The van der Waals surface area contributed by atoms with Crippen molar-refractivity contribution in [3.8, 4) is 0 Å². The highest BCUT2D eigenvalue weighted by atomic mass is 79.9. The fraction of sp³-hybridized carbons (Fsp3) is 0.364. The van der Waals surface area contributed by atoms with Crippen LogP contribution in [0.2, 0.25) is 0 Å². The molecule has 4 heteroatoms. The van der Waals surface area contributed by atoms with Crippen molar-refractivity contribution in [2.24, 2.45) is 5.73 Å². The Morgan fingerprint density at radius 1 is 1.47 bits per heavy atom. The van der Waals surface area contributed by atoms with Crippen LogP contribution in [-0.4, -0.2) is 9.78 Å². The first-order chi connectivity index (χ1) is 7.13. The molecule has 0 unspecified atom stereocenters. The van der Waals surface area contributed by atoms with Gasteiger partial charge in [0, 0.05) is 18.0 Å². The maximum absolute atomic E-state index is 5.63. The summed E-state index contributed by atoms with van der Waals surface area (Å²) in [6, 6.07) is 6.56. The van der Waals surface area contributed by atoms with E-state index < -0.39 is 0 Å². The summed E-state index contributed by atoms with van der Waals surface area (Å²) in [6.45, 7) is 4.80. The quantitative estimate of drug-likeness (QED) is 0.910. The molecule has 1 aromatic heterocycles. The van der Waals surface area contributed by atoms with Crippen molar-refractivity contribution in [2.45, 2.75) is 26.4 Å². The second kappa shape index (κ2) is 3.94. The van der Waals surface area contributed by atoms with Gasteiger partial charge < -0.3 is 5.73 Å². The Morgan fingerprint density at radius 3 is 2.80 bits per heavy atom. The number of rotatable bonds is 2. The first-order valence-corrected chi connectivity index (χ1v) is 5.79. The minimum absolute atomic E-state index is 0.354. The first kappa shape index (κ1) is 10.6. The number of halogens is 1. The van der Waals surface area contributed by atoms with Crippen LogP contribution in [0.1, 0.15) is 25.5 Å². The molecule has 0 radical (unpaired) electrons. The van der Waals surface area contributed by atoms with E-state index in [0.29, 0.717) is 12.6 Å². The van der Waals surface area contributed by atoms with Crippen molar-refractivity contribution >= 4 is 26.8 Å². The first-order valence-electron chi connectivity index (χ1n) is 5.00. The van der Waals surface area contributed by atoms with Gasteiger partial charge in [-0.1, -0.05) is 6.07 Å². The summed E-state index contributed by atoms with van der Waals surface area (Å²) in [5, 5.41) is 5.60. The van der Waals surface area contributed by atoms with Gasteiger partial charge in [-0.15, -0.1) is 0 Å². The summed E-state index contributed by atoms with van der Waals surface area (Å²) < 4.78 is 2.91. The third kappa shape index (κ3) is 1.79. The molecule has 1 heterocycles. The van der Waals surface area contributed by atoms with Crippen molar-refractivity contribution in [1.29, 1.82) is 0 Å². The Morgan fingerprint density at radius 2 is 2.20 bits per heavy atom. The number of aromatic nitrogens is 2. The number of hydrogen-bond donors (Lipinski definition) is 1. The fourth-order valence-electron chi connectivity index (χ4n) is 1.66. The van der Waals surface area contributed by atoms with Crippen molar-refractivity contribution < 1.29 is 0 Å². The van der Waals surface area contributed by atoms with Crippen LogP contribution in [0.5, 0.6) is 0 Å². The van der Waals surface area contributed by atoms with Gasteiger partial charge in [-0.3, -0.25) is 4.68 Å². The van der Waals surface area contributed by atoms with Gasteiger partial charge in [0.1, 0.15) is 4.60 Å². The molecule has 0 amide bonds. The molecule has 0 spiro atoms. The largest absolute Gasteiger partial charge is 0.326 e. The summed E-state index contributed by atoms with van der Waals surface area (Å²) in [5.41, 5.74) is 7.91. The zero-order valence-corrected chi connectivity index (χ0v) is 10.5. The lowest BCUT2D eigenvalue weighted by Crippen LogP contribution is -2.03. The molecule has 0 aliphatic rings. The summed E-state index contributed by atoms with van der Waals surface area (Å²) in [5.74, 6) is 0. The molecular weight excluding hydrogens is 254 g/mol. The molecule has 0 bridgehead atoms. The molecule has 80 valence electrons. The van der Waals surface area contributed by atoms with Crippen molar-refractivity contribution in [3.63, 3.8) is 0 Å². The summed E-state index contributed by atoms with van der Waals surface area (Å²) in [6.07, 6.45) is 0. The Hall–Kier alpha value is -0.870. The van der Waals surface area contributed by atoms with E-state index in [1.54, 1.807) is 0 Å². The highest BCUT2D eigenvalue weighted by molar-refractivity contribution is 9.10. The minimum Gasteiger partial charge on any atom is -0.326 e. The molecule has 0 saturated heterocycles. The van der Waals surface area contributed by atoms with Gasteiger partial charge in [-0.2, -0.15) is 5.10 Å². The van der Waals surface area contributed by atoms with Crippen LogP contribution in [-0.2, 0) is 6.54 Å². The van der Waals surface area contributed by atoms with E-state index in [4.69, 9.17) is 5.73 Å². The maximum atomic E-state index is 5.63. The van der Waals surface area contributed by atoms with Gasteiger partial charge in [0.15, 0.2) is 0 Å². The second-order valence-electron chi connectivity index (χ2n) is 3.88. The maximum Gasteiger partial charge on any atom is 0.136 e. The van der Waals surface area contributed by atoms with Gasteiger partial charge in [-0.05, 0) is 47.5 Å². The Balaban J connectivity index is 2.71. The summed E-state index contributed by atoms with van der Waals surface area (Å²) in [4.78, 5) is 0. The smallest absolute Gasteiger partial charge is 0.136 e. The normalized spacial score (nSPS) is 11.5. The molecule has 1 aromatic carbocycles. The van der Waals surface area contributed by atoms with Gasteiger partial charge in [0.25, 0.3) is 0 Å². The Labute approximate surface area is 97.4 Å². The van der Waals surface area contributed by atoms with Crippen LogP contribution in [0.15, 0.2) is 22.8 Å². The molecule has 0 atom stereocenters. The molecule has 2 rings (SSSR count). The fourth-order valence-corrected chi connectivity index (χ4v) is 2.17. The second-order valence-corrected chi connectivity index (χ2v) is 4.64. The van der Waals surface area contributed by atoms with Gasteiger partial charge in [0.05, 0.1) is 5.52 Å². The molecular formula is C11H14BrN3. The SMILES string of the molecule is CC(C)n1nc(Br)c2ccc(CN)cc21. The lowest BCUT2D eigenvalue weighted by atomic mass is 10.1. The monoisotopic (exact) mass is 267 g/mol. The summed E-state index contributed by atoms with van der Waals surface area (Å²) >= 11 is 3.47. The number of nitrogens with two attached hydrogens (primary N) is 1. The predicted molar refractivity (Wildman–Crippen MR) is 65.7 cm³/mol. The Bertz CT molecular complexity index is 488.